The highest BCUT2D eigenvalue weighted by molar-refractivity contribution is 9.10. The Hall–Kier alpha value is -0.340. The Balaban J connectivity index is 2.79. The second-order valence-electron chi connectivity index (χ2n) is 1.97. The lowest BCUT2D eigenvalue weighted by atomic mass is 10.2. The lowest BCUT2D eigenvalue weighted by Gasteiger charge is -1.91. The maximum Gasteiger partial charge on any atom is 0.106 e. The third kappa shape index (κ3) is 3.04. The molecular weight excluding hydrogens is 225 g/mol. The first kappa shape index (κ1) is 8.75. The highest BCUT2D eigenvalue weighted by Gasteiger charge is 1.87. The van der Waals surface area contributed by atoms with Gasteiger partial charge in [0, 0.05) is 12.1 Å². The first-order chi connectivity index (χ1) is 5.33. The minimum absolute atomic E-state index is 0.542. The third-order valence-corrected chi connectivity index (χ3v) is 1.76. The van der Waals surface area contributed by atoms with E-state index in [1.807, 2.05) is 24.3 Å². The fourth-order valence-electron chi connectivity index (χ4n) is 0.702. The van der Waals surface area contributed by atoms with Crippen molar-refractivity contribution in [3.05, 3.63) is 34.6 Å². The topological polar surface area (TPSA) is 12.9 Å². The zero-order valence-corrected chi connectivity index (χ0v) is 8.14. The zero-order chi connectivity index (χ0) is 8.10. The van der Waals surface area contributed by atoms with Gasteiger partial charge in [0.05, 0.1) is 0 Å². The smallest absolute Gasteiger partial charge is 0.106 e. The number of rotatable bonds is 2. The van der Waals surface area contributed by atoms with Gasteiger partial charge in [0.1, 0.15) is 4.60 Å². The average Bonchev–Trinajstić information content (AvgIpc) is 2.01. The summed E-state index contributed by atoms with van der Waals surface area (Å²) >= 11 is 8.75. The SMILES string of the molecule is ClCC=Cc1ccnc(Br)c1. The second kappa shape index (κ2) is 4.52. The Labute approximate surface area is 79.2 Å². The van der Waals surface area contributed by atoms with Crippen LogP contribution in [0.25, 0.3) is 6.08 Å². The number of pyridine rings is 1. The maximum atomic E-state index is 5.48. The van der Waals surface area contributed by atoms with Gasteiger partial charge in [-0.15, -0.1) is 11.6 Å². The highest BCUT2D eigenvalue weighted by Crippen LogP contribution is 2.09. The number of hydrogen-bond acceptors (Lipinski definition) is 1. The van der Waals surface area contributed by atoms with Crippen LogP contribution in [-0.2, 0) is 0 Å². The van der Waals surface area contributed by atoms with Gasteiger partial charge >= 0.3 is 0 Å². The Bertz CT molecular complexity index is 260. The molecule has 1 aromatic rings. The van der Waals surface area contributed by atoms with Crippen LogP contribution in [0.15, 0.2) is 29.0 Å². The summed E-state index contributed by atoms with van der Waals surface area (Å²) in [4.78, 5) is 4.00. The minimum Gasteiger partial charge on any atom is -0.249 e. The van der Waals surface area contributed by atoms with Crippen molar-refractivity contribution in [2.24, 2.45) is 0 Å². The Morgan fingerprint density at radius 3 is 3.09 bits per heavy atom. The van der Waals surface area contributed by atoms with Gasteiger partial charge in [0.15, 0.2) is 0 Å². The van der Waals surface area contributed by atoms with E-state index in [0.717, 1.165) is 10.2 Å². The van der Waals surface area contributed by atoms with Gasteiger partial charge < -0.3 is 0 Å². The molecule has 0 spiro atoms. The molecule has 1 rings (SSSR count). The number of nitrogens with zero attached hydrogens (tertiary/aromatic N) is 1. The molecule has 0 aliphatic heterocycles. The van der Waals surface area contributed by atoms with Crippen molar-refractivity contribution in [1.29, 1.82) is 0 Å². The van der Waals surface area contributed by atoms with E-state index in [0.29, 0.717) is 5.88 Å². The molecule has 1 nitrogen and oxygen atoms in total. The lowest BCUT2D eigenvalue weighted by Crippen LogP contribution is -1.76. The lowest BCUT2D eigenvalue weighted by molar-refractivity contribution is 1.27. The molecule has 0 fully saturated rings. The summed E-state index contributed by atoms with van der Waals surface area (Å²) < 4.78 is 0.842. The minimum atomic E-state index is 0.542. The van der Waals surface area contributed by atoms with Crippen LogP contribution in [0, 0.1) is 0 Å². The summed E-state index contributed by atoms with van der Waals surface area (Å²) in [5, 5.41) is 0. The van der Waals surface area contributed by atoms with E-state index in [-0.39, 0.29) is 0 Å². The average molecular weight is 233 g/mol. The number of aromatic nitrogens is 1. The van der Waals surface area contributed by atoms with Crippen LogP contribution in [0.1, 0.15) is 5.56 Å². The van der Waals surface area contributed by atoms with E-state index in [2.05, 4.69) is 20.9 Å². The van der Waals surface area contributed by atoms with Crippen molar-refractivity contribution < 1.29 is 0 Å². The molecule has 0 aromatic carbocycles. The maximum absolute atomic E-state index is 5.48. The number of alkyl halides is 1. The fraction of sp³-hybridized carbons (Fsp3) is 0.125. The largest absolute Gasteiger partial charge is 0.249 e. The molecule has 0 N–H and O–H groups in total. The van der Waals surface area contributed by atoms with Crippen LogP contribution >= 0.6 is 27.5 Å². The predicted molar refractivity (Wildman–Crippen MR) is 51.7 cm³/mol. The summed E-state index contributed by atoms with van der Waals surface area (Å²) in [6.45, 7) is 0. The van der Waals surface area contributed by atoms with Gasteiger partial charge in [-0.25, -0.2) is 4.98 Å². The Kier molecular flexibility index (Phi) is 3.60. The monoisotopic (exact) mass is 231 g/mol. The molecule has 0 amide bonds. The van der Waals surface area contributed by atoms with E-state index in [9.17, 15) is 0 Å². The van der Waals surface area contributed by atoms with E-state index >= 15 is 0 Å². The van der Waals surface area contributed by atoms with Crippen molar-refractivity contribution in [1.82, 2.24) is 4.98 Å². The normalized spacial score (nSPS) is 10.7. The summed E-state index contributed by atoms with van der Waals surface area (Å²) in [6.07, 6.45) is 5.60. The molecular formula is C8H7BrClN. The van der Waals surface area contributed by atoms with Crippen molar-refractivity contribution in [2.45, 2.75) is 0 Å². The molecule has 3 heteroatoms. The standard InChI is InChI=1S/C8H7BrClN/c9-8-6-7(2-1-4-10)3-5-11-8/h1-3,5-6H,4H2. The molecule has 0 radical (unpaired) electrons. The van der Waals surface area contributed by atoms with E-state index in [1.165, 1.54) is 0 Å². The molecule has 11 heavy (non-hydrogen) atoms. The van der Waals surface area contributed by atoms with Gasteiger partial charge in [-0.1, -0.05) is 12.2 Å². The Morgan fingerprint density at radius 2 is 2.45 bits per heavy atom. The van der Waals surface area contributed by atoms with Gasteiger partial charge in [-0.3, -0.25) is 0 Å². The fourth-order valence-corrected chi connectivity index (χ4v) is 1.17. The molecule has 0 saturated carbocycles. The van der Waals surface area contributed by atoms with Crippen LogP contribution < -0.4 is 0 Å². The third-order valence-electron chi connectivity index (χ3n) is 1.15. The van der Waals surface area contributed by atoms with Crippen molar-refractivity contribution >= 4 is 33.6 Å². The summed E-state index contributed by atoms with van der Waals surface area (Å²) in [5.74, 6) is 0.542. The predicted octanol–water partition coefficient (Wildman–Crippen LogP) is 3.10. The first-order valence-electron chi connectivity index (χ1n) is 3.17. The van der Waals surface area contributed by atoms with E-state index in [4.69, 9.17) is 11.6 Å². The zero-order valence-electron chi connectivity index (χ0n) is 5.80. The molecule has 0 atom stereocenters. The molecule has 1 aromatic heterocycles. The molecule has 1 heterocycles. The number of hydrogen-bond donors (Lipinski definition) is 0. The van der Waals surface area contributed by atoms with E-state index in [1.54, 1.807) is 6.20 Å². The summed E-state index contributed by atoms with van der Waals surface area (Å²) in [7, 11) is 0. The quantitative estimate of drug-likeness (QED) is 0.564. The molecule has 0 saturated heterocycles. The van der Waals surface area contributed by atoms with Crippen molar-refractivity contribution in [2.75, 3.05) is 5.88 Å². The molecule has 0 bridgehead atoms. The summed E-state index contributed by atoms with van der Waals surface area (Å²) in [6, 6.07) is 3.86. The van der Waals surface area contributed by atoms with Crippen LogP contribution in [0.5, 0.6) is 0 Å². The van der Waals surface area contributed by atoms with Gasteiger partial charge in [0.2, 0.25) is 0 Å². The molecule has 0 aliphatic carbocycles. The van der Waals surface area contributed by atoms with Crippen molar-refractivity contribution in [3.8, 4) is 0 Å². The van der Waals surface area contributed by atoms with Gasteiger partial charge in [-0.05, 0) is 33.6 Å². The van der Waals surface area contributed by atoms with Crippen molar-refractivity contribution in [3.63, 3.8) is 0 Å². The molecule has 0 unspecified atom stereocenters. The molecule has 58 valence electrons. The summed E-state index contributed by atoms with van der Waals surface area (Å²) in [5.41, 5.74) is 1.10. The van der Waals surface area contributed by atoms with Gasteiger partial charge in [0.25, 0.3) is 0 Å². The van der Waals surface area contributed by atoms with Crippen LogP contribution in [0.2, 0.25) is 0 Å². The van der Waals surface area contributed by atoms with Crippen LogP contribution in [0.3, 0.4) is 0 Å². The first-order valence-corrected chi connectivity index (χ1v) is 4.50. The van der Waals surface area contributed by atoms with Crippen LogP contribution in [-0.4, -0.2) is 10.9 Å². The van der Waals surface area contributed by atoms with E-state index < -0.39 is 0 Å². The number of halogens is 2. The van der Waals surface area contributed by atoms with Crippen LogP contribution in [0.4, 0.5) is 0 Å². The highest BCUT2D eigenvalue weighted by atomic mass is 79.9. The van der Waals surface area contributed by atoms with Gasteiger partial charge in [-0.2, -0.15) is 0 Å². The number of allylic oxidation sites excluding steroid dienone is 1. The molecule has 0 aliphatic rings. The Morgan fingerprint density at radius 1 is 1.64 bits per heavy atom. The second-order valence-corrected chi connectivity index (χ2v) is 3.09.